The number of allylic oxidation sites excluding steroid dienone is 2. The molecule has 0 saturated heterocycles. The number of ether oxygens (including phenoxy) is 1. The number of amides is 1. The summed E-state index contributed by atoms with van der Waals surface area (Å²) in [6.45, 7) is 4.96. The van der Waals surface area contributed by atoms with Crippen LogP contribution in [-0.4, -0.2) is 47.4 Å². The Morgan fingerprint density at radius 2 is 0.681 bits per heavy atom. The highest BCUT2D eigenvalue weighted by atomic mass is 16.5. The van der Waals surface area contributed by atoms with E-state index in [9.17, 15) is 19.8 Å². The van der Waals surface area contributed by atoms with Crippen LogP contribution in [0.25, 0.3) is 0 Å². The summed E-state index contributed by atoms with van der Waals surface area (Å²) >= 11 is 0. The van der Waals surface area contributed by atoms with Gasteiger partial charge in [-0.2, -0.15) is 0 Å². The summed E-state index contributed by atoms with van der Waals surface area (Å²) in [5, 5.41) is 23.2. The second-order valence-electron chi connectivity index (χ2n) is 21.7. The van der Waals surface area contributed by atoms with Crippen molar-refractivity contribution in [3.05, 3.63) is 12.2 Å². The maximum Gasteiger partial charge on any atom is 0.305 e. The minimum Gasteiger partial charge on any atom is -0.466 e. The van der Waals surface area contributed by atoms with Crippen molar-refractivity contribution in [1.82, 2.24) is 5.32 Å². The van der Waals surface area contributed by atoms with Crippen LogP contribution < -0.4 is 5.32 Å². The van der Waals surface area contributed by atoms with E-state index in [0.29, 0.717) is 25.9 Å². The van der Waals surface area contributed by atoms with Gasteiger partial charge in [0.25, 0.3) is 0 Å². The third-order valence-corrected chi connectivity index (χ3v) is 14.8. The van der Waals surface area contributed by atoms with E-state index in [2.05, 4.69) is 31.3 Å². The van der Waals surface area contributed by atoms with Crippen molar-refractivity contribution in [2.24, 2.45) is 0 Å². The van der Waals surface area contributed by atoms with Crippen molar-refractivity contribution in [2.75, 3.05) is 13.2 Å². The number of carbonyl (C=O) groups is 2. The van der Waals surface area contributed by atoms with E-state index in [1.54, 1.807) is 0 Å². The van der Waals surface area contributed by atoms with Crippen molar-refractivity contribution < 1.29 is 24.5 Å². The van der Waals surface area contributed by atoms with Crippen LogP contribution in [0.4, 0.5) is 0 Å². The zero-order chi connectivity index (χ0) is 50.0. The van der Waals surface area contributed by atoms with E-state index in [1.807, 2.05) is 0 Å². The quantitative estimate of drug-likeness (QED) is 0.0321. The molecule has 0 aliphatic heterocycles. The molecule has 0 aromatic rings. The molecule has 0 aromatic heterocycles. The van der Waals surface area contributed by atoms with Gasteiger partial charge >= 0.3 is 5.97 Å². The number of unbranched alkanes of at least 4 members (excludes halogenated alkanes) is 46. The largest absolute Gasteiger partial charge is 0.466 e. The van der Waals surface area contributed by atoms with E-state index in [-0.39, 0.29) is 18.5 Å². The highest BCUT2D eigenvalue weighted by molar-refractivity contribution is 5.76. The zero-order valence-corrected chi connectivity index (χ0v) is 46.8. The summed E-state index contributed by atoms with van der Waals surface area (Å²) in [4.78, 5) is 24.5. The van der Waals surface area contributed by atoms with Gasteiger partial charge in [-0.3, -0.25) is 9.59 Å². The molecule has 0 aromatic carbocycles. The number of rotatable bonds is 59. The van der Waals surface area contributed by atoms with Gasteiger partial charge < -0.3 is 20.3 Å². The molecule has 0 fully saturated rings. The van der Waals surface area contributed by atoms with Crippen LogP contribution in [0, 0.1) is 0 Å². The first-order valence-corrected chi connectivity index (χ1v) is 31.4. The molecule has 6 heteroatoms. The highest BCUT2D eigenvalue weighted by Gasteiger charge is 2.20. The third kappa shape index (κ3) is 55.8. The summed E-state index contributed by atoms with van der Waals surface area (Å²) < 4.78 is 5.50. The molecule has 0 saturated carbocycles. The van der Waals surface area contributed by atoms with Crippen LogP contribution >= 0.6 is 0 Å². The van der Waals surface area contributed by atoms with E-state index < -0.39 is 12.1 Å². The fraction of sp³-hybridized carbons (Fsp3) is 0.937. The average Bonchev–Trinajstić information content (AvgIpc) is 3.35. The minimum absolute atomic E-state index is 0.0179. The van der Waals surface area contributed by atoms with Gasteiger partial charge in [0.05, 0.1) is 25.4 Å². The SMILES string of the molecule is CCCCCCCCCCCCCCCCCCCC(=O)OCCCCCCCCCCCCCC/C=C\CCCCCCCCCCCC(=O)NC(CO)C(O)CCCCCCCCCCCC. The van der Waals surface area contributed by atoms with Gasteiger partial charge in [-0.15, -0.1) is 0 Å². The average molecular weight is 975 g/mol. The van der Waals surface area contributed by atoms with Crippen LogP contribution in [0.5, 0.6) is 0 Å². The molecule has 0 aliphatic carbocycles. The van der Waals surface area contributed by atoms with E-state index in [1.165, 1.54) is 283 Å². The van der Waals surface area contributed by atoms with Crippen LogP contribution in [-0.2, 0) is 14.3 Å². The topological polar surface area (TPSA) is 95.9 Å². The van der Waals surface area contributed by atoms with Crippen molar-refractivity contribution in [2.45, 2.75) is 366 Å². The predicted octanol–water partition coefficient (Wildman–Crippen LogP) is 19.6. The van der Waals surface area contributed by atoms with Gasteiger partial charge in [0.1, 0.15) is 0 Å². The number of aliphatic hydroxyl groups excluding tert-OH is 2. The maximum atomic E-state index is 12.4. The number of hydrogen-bond acceptors (Lipinski definition) is 5. The van der Waals surface area contributed by atoms with Gasteiger partial charge in [-0.25, -0.2) is 0 Å². The number of nitrogens with one attached hydrogen (secondary N) is 1. The molecular weight excluding hydrogens is 851 g/mol. The van der Waals surface area contributed by atoms with Crippen LogP contribution in [0.1, 0.15) is 354 Å². The lowest BCUT2D eigenvalue weighted by atomic mass is 10.0. The summed E-state index contributed by atoms with van der Waals surface area (Å²) in [5.41, 5.74) is 0. The van der Waals surface area contributed by atoms with Crippen LogP contribution in [0.15, 0.2) is 12.2 Å². The zero-order valence-electron chi connectivity index (χ0n) is 46.8. The Bertz CT molecular complexity index is 1030. The Balaban J connectivity index is 3.34. The van der Waals surface area contributed by atoms with Crippen LogP contribution in [0.2, 0.25) is 0 Å². The number of esters is 1. The fourth-order valence-corrected chi connectivity index (χ4v) is 9.99. The Kier molecular flexibility index (Phi) is 58.0. The smallest absolute Gasteiger partial charge is 0.305 e. The Labute approximate surface area is 431 Å². The second-order valence-corrected chi connectivity index (χ2v) is 21.7. The number of hydrogen-bond donors (Lipinski definition) is 3. The molecule has 0 heterocycles. The molecule has 0 spiro atoms. The van der Waals surface area contributed by atoms with Crippen LogP contribution in [0.3, 0.4) is 0 Å². The molecule has 0 radical (unpaired) electrons. The molecule has 0 bridgehead atoms. The monoisotopic (exact) mass is 974 g/mol. The molecule has 2 unspecified atom stereocenters. The summed E-state index contributed by atoms with van der Waals surface area (Å²) in [6.07, 6.45) is 70.9. The molecular formula is C63H123NO5. The fourth-order valence-electron chi connectivity index (χ4n) is 9.99. The number of carbonyl (C=O) groups excluding carboxylic acids is 2. The number of aliphatic hydroxyl groups is 2. The van der Waals surface area contributed by atoms with Crippen molar-refractivity contribution in [1.29, 1.82) is 0 Å². The van der Waals surface area contributed by atoms with Crippen molar-refractivity contribution >= 4 is 11.9 Å². The standard InChI is InChI=1S/C63H123NO5/c1-3-5-7-9-11-13-15-16-17-27-31-34-37-41-45-49-53-57-63(68)69-58-54-50-46-42-38-35-32-29-26-24-22-20-18-19-21-23-25-28-30-33-36-40-44-48-52-56-62(67)64-60(59-65)61(66)55-51-47-43-39-14-12-10-8-6-4-2/h19,21,60-61,65-66H,3-18,20,22-59H2,1-2H3,(H,64,67)/b21-19-. The van der Waals surface area contributed by atoms with Gasteiger partial charge in [0.2, 0.25) is 5.91 Å². The molecule has 69 heavy (non-hydrogen) atoms. The molecule has 6 nitrogen and oxygen atoms in total. The minimum atomic E-state index is -0.663. The normalized spacial score (nSPS) is 12.6. The first-order valence-electron chi connectivity index (χ1n) is 31.4. The Morgan fingerprint density at radius 1 is 0.391 bits per heavy atom. The van der Waals surface area contributed by atoms with E-state index >= 15 is 0 Å². The van der Waals surface area contributed by atoms with E-state index in [4.69, 9.17) is 4.74 Å². The van der Waals surface area contributed by atoms with Crippen molar-refractivity contribution in [3.63, 3.8) is 0 Å². The van der Waals surface area contributed by atoms with Crippen molar-refractivity contribution in [3.8, 4) is 0 Å². The predicted molar refractivity (Wildman–Crippen MR) is 301 cm³/mol. The summed E-state index contributed by atoms with van der Waals surface area (Å²) in [7, 11) is 0. The third-order valence-electron chi connectivity index (χ3n) is 14.8. The van der Waals surface area contributed by atoms with Gasteiger partial charge in [-0.05, 0) is 51.4 Å². The first-order chi connectivity index (χ1) is 34.0. The summed E-state index contributed by atoms with van der Waals surface area (Å²) in [6, 6.07) is -0.541. The molecule has 2 atom stereocenters. The van der Waals surface area contributed by atoms with Gasteiger partial charge in [-0.1, -0.05) is 302 Å². The molecule has 410 valence electrons. The lowest BCUT2D eigenvalue weighted by Crippen LogP contribution is -2.45. The highest BCUT2D eigenvalue weighted by Crippen LogP contribution is 2.18. The molecule has 1 amide bonds. The second kappa shape index (κ2) is 59.2. The lowest BCUT2D eigenvalue weighted by Gasteiger charge is -2.22. The lowest BCUT2D eigenvalue weighted by molar-refractivity contribution is -0.143. The molecule has 3 N–H and O–H groups in total. The summed E-state index contributed by atoms with van der Waals surface area (Å²) in [5.74, 6) is -0.0203. The van der Waals surface area contributed by atoms with Gasteiger partial charge in [0, 0.05) is 12.8 Å². The first kappa shape index (κ1) is 67.6. The maximum absolute atomic E-state index is 12.4. The van der Waals surface area contributed by atoms with E-state index in [0.717, 1.165) is 38.5 Å². The Morgan fingerprint density at radius 3 is 1.03 bits per heavy atom. The molecule has 0 aliphatic rings. The molecule has 0 rings (SSSR count). The van der Waals surface area contributed by atoms with Gasteiger partial charge in [0.15, 0.2) is 0 Å². The Hall–Kier alpha value is -1.40.